The molecule has 0 saturated carbocycles. The second kappa shape index (κ2) is 4.31. The van der Waals surface area contributed by atoms with Crippen LogP contribution in [0.2, 0.25) is 0 Å². The van der Waals surface area contributed by atoms with Crippen LogP contribution in [0.25, 0.3) is 11.3 Å². The lowest BCUT2D eigenvalue weighted by Gasteiger charge is -2.05. The summed E-state index contributed by atoms with van der Waals surface area (Å²) in [7, 11) is 0. The van der Waals surface area contributed by atoms with E-state index in [1.807, 2.05) is 38.1 Å². The maximum Gasteiger partial charge on any atom is 0.254 e. The number of nitrogens with one attached hydrogen (secondary N) is 1. The molecule has 0 aliphatic heterocycles. The maximum atomic E-state index is 11.6. The van der Waals surface area contributed by atoms with Crippen LogP contribution in [-0.2, 0) is 6.42 Å². The van der Waals surface area contributed by atoms with Crippen molar-refractivity contribution in [1.82, 2.24) is 9.97 Å². The molecule has 1 heterocycles. The smallest absolute Gasteiger partial charge is 0.254 e. The summed E-state index contributed by atoms with van der Waals surface area (Å²) in [5, 5.41) is 0. The number of benzene rings is 1. The van der Waals surface area contributed by atoms with Crippen molar-refractivity contribution in [3.63, 3.8) is 0 Å². The zero-order valence-corrected chi connectivity index (χ0v) is 9.45. The molecule has 0 aliphatic carbocycles. The summed E-state index contributed by atoms with van der Waals surface area (Å²) in [6, 6.07) is 8.04. The minimum Gasteiger partial charge on any atom is -0.313 e. The lowest BCUT2D eigenvalue weighted by atomic mass is 10.0. The fraction of sp³-hybridized carbons (Fsp3) is 0.231. The molecule has 1 aromatic carbocycles. The number of H-pyrrole nitrogens is 1. The summed E-state index contributed by atoms with van der Waals surface area (Å²) >= 11 is 0. The lowest BCUT2D eigenvalue weighted by molar-refractivity contribution is 1.01. The Balaban J connectivity index is 2.60. The van der Waals surface area contributed by atoms with Crippen molar-refractivity contribution in [2.45, 2.75) is 20.3 Å². The van der Waals surface area contributed by atoms with Crippen molar-refractivity contribution in [2.75, 3.05) is 0 Å². The number of aryl methyl sites for hydroxylation is 1. The molecule has 0 spiro atoms. The van der Waals surface area contributed by atoms with Crippen LogP contribution in [0.15, 0.2) is 35.4 Å². The first-order valence-electron chi connectivity index (χ1n) is 5.36. The Hall–Kier alpha value is -1.90. The Labute approximate surface area is 94.2 Å². The van der Waals surface area contributed by atoms with Gasteiger partial charge in [0.2, 0.25) is 0 Å². The van der Waals surface area contributed by atoms with E-state index in [4.69, 9.17) is 0 Å². The molecule has 3 nitrogen and oxygen atoms in total. The van der Waals surface area contributed by atoms with Gasteiger partial charge in [0.05, 0.1) is 12.0 Å². The van der Waals surface area contributed by atoms with Crippen molar-refractivity contribution < 1.29 is 0 Å². The first kappa shape index (κ1) is 10.6. The summed E-state index contributed by atoms with van der Waals surface area (Å²) in [6.07, 6.45) is 2.14. The highest BCUT2D eigenvalue weighted by atomic mass is 16.1. The minimum atomic E-state index is -0.0481. The van der Waals surface area contributed by atoms with E-state index >= 15 is 0 Å². The molecule has 0 radical (unpaired) electrons. The molecule has 0 unspecified atom stereocenters. The zero-order chi connectivity index (χ0) is 11.5. The molecule has 2 rings (SSSR count). The average Bonchev–Trinajstić information content (AvgIpc) is 2.30. The highest BCUT2D eigenvalue weighted by Crippen LogP contribution is 2.19. The number of hydrogen-bond donors (Lipinski definition) is 1. The van der Waals surface area contributed by atoms with Crippen LogP contribution in [0.1, 0.15) is 18.1 Å². The number of aromatic amines is 1. The first-order valence-corrected chi connectivity index (χ1v) is 5.36. The van der Waals surface area contributed by atoms with Gasteiger partial charge in [-0.25, -0.2) is 4.98 Å². The Morgan fingerprint density at radius 1 is 1.25 bits per heavy atom. The Morgan fingerprint density at radius 2 is 1.94 bits per heavy atom. The van der Waals surface area contributed by atoms with Gasteiger partial charge in [-0.05, 0) is 13.3 Å². The van der Waals surface area contributed by atoms with Crippen LogP contribution >= 0.6 is 0 Å². The summed E-state index contributed by atoms with van der Waals surface area (Å²) < 4.78 is 0. The highest BCUT2D eigenvalue weighted by molar-refractivity contribution is 5.62. The second-order valence-corrected chi connectivity index (χ2v) is 3.78. The summed E-state index contributed by atoms with van der Waals surface area (Å²) in [6.45, 7) is 4.00. The van der Waals surface area contributed by atoms with E-state index in [-0.39, 0.29) is 5.56 Å². The monoisotopic (exact) mass is 214 g/mol. The number of aromatic nitrogens is 2. The molecule has 82 valence electrons. The quantitative estimate of drug-likeness (QED) is 0.833. The van der Waals surface area contributed by atoms with Crippen LogP contribution in [0.5, 0.6) is 0 Å². The Kier molecular flexibility index (Phi) is 2.86. The van der Waals surface area contributed by atoms with Gasteiger partial charge in [0.1, 0.15) is 0 Å². The molecule has 0 bridgehead atoms. The van der Waals surface area contributed by atoms with Crippen LogP contribution < -0.4 is 5.56 Å². The van der Waals surface area contributed by atoms with E-state index in [9.17, 15) is 4.79 Å². The van der Waals surface area contributed by atoms with Gasteiger partial charge in [0.25, 0.3) is 5.56 Å². The predicted octanol–water partition coefficient (Wildman–Crippen LogP) is 2.31. The van der Waals surface area contributed by atoms with Gasteiger partial charge in [0, 0.05) is 11.1 Å². The van der Waals surface area contributed by atoms with E-state index in [0.717, 1.165) is 16.8 Å². The van der Waals surface area contributed by atoms with E-state index < -0.39 is 0 Å². The third-order valence-corrected chi connectivity index (χ3v) is 2.63. The van der Waals surface area contributed by atoms with Gasteiger partial charge in [-0.2, -0.15) is 0 Å². The Bertz CT molecular complexity index is 541. The van der Waals surface area contributed by atoms with Crippen molar-refractivity contribution in [3.8, 4) is 11.3 Å². The van der Waals surface area contributed by atoms with Gasteiger partial charge in [-0.15, -0.1) is 0 Å². The van der Waals surface area contributed by atoms with Crippen LogP contribution in [0.3, 0.4) is 0 Å². The van der Waals surface area contributed by atoms with Gasteiger partial charge in [-0.1, -0.05) is 36.8 Å². The standard InChI is InChI=1S/C13H14N2O/c1-3-11-12(14-8-15-13(11)16)10-6-4-9(2)5-7-10/h4-8H,3H2,1-2H3,(H,14,15,16). The van der Waals surface area contributed by atoms with Crippen molar-refractivity contribution in [3.05, 3.63) is 52.1 Å². The average molecular weight is 214 g/mol. The molecule has 0 saturated heterocycles. The van der Waals surface area contributed by atoms with Gasteiger partial charge in [-0.3, -0.25) is 4.79 Å². The fourth-order valence-corrected chi connectivity index (χ4v) is 1.72. The molecular weight excluding hydrogens is 200 g/mol. The summed E-state index contributed by atoms with van der Waals surface area (Å²) in [5.41, 5.74) is 3.67. The molecule has 0 aliphatic rings. The topological polar surface area (TPSA) is 45.8 Å². The highest BCUT2D eigenvalue weighted by Gasteiger charge is 2.08. The van der Waals surface area contributed by atoms with Crippen molar-refractivity contribution in [2.24, 2.45) is 0 Å². The molecule has 2 aromatic rings. The lowest BCUT2D eigenvalue weighted by Crippen LogP contribution is -2.14. The molecule has 16 heavy (non-hydrogen) atoms. The van der Waals surface area contributed by atoms with E-state index in [1.165, 1.54) is 11.9 Å². The summed E-state index contributed by atoms with van der Waals surface area (Å²) in [4.78, 5) is 18.5. The molecule has 1 aromatic heterocycles. The second-order valence-electron chi connectivity index (χ2n) is 3.78. The zero-order valence-electron chi connectivity index (χ0n) is 9.45. The fourth-order valence-electron chi connectivity index (χ4n) is 1.72. The maximum absolute atomic E-state index is 11.6. The first-order chi connectivity index (χ1) is 7.72. The Morgan fingerprint density at radius 3 is 2.56 bits per heavy atom. The number of rotatable bonds is 2. The van der Waals surface area contributed by atoms with E-state index in [1.54, 1.807) is 0 Å². The SMILES string of the molecule is CCc1c(-c2ccc(C)cc2)nc[nH]c1=O. The van der Waals surface area contributed by atoms with Crippen molar-refractivity contribution >= 4 is 0 Å². The normalized spacial score (nSPS) is 10.4. The number of hydrogen-bond acceptors (Lipinski definition) is 2. The molecule has 3 heteroatoms. The predicted molar refractivity (Wildman–Crippen MR) is 64.4 cm³/mol. The molecule has 0 fully saturated rings. The third-order valence-electron chi connectivity index (χ3n) is 2.63. The molecular formula is C13H14N2O. The third kappa shape index (κ3) is 1.89. The molecule has 1 N–H and O–H groups in total. The van der Waals surface area contributed by atoms with Crippen LogP contribution in [-0.4, -0.2) is 9.97 Å². The van der Waals surface area contributed by atoms with Crippen molar-refractivity contribution in [1.29, 1.82) is 0 Å². The van der Waals surface area contributed by atoms with E-state index in [0.29, 0.717) is 6.42 Å². The van der Waals surface area contributed by atoms with Gasteiger partial charge in [0.15, 0.2) is 0 Å². The van der Waals surface area contributed by atoms with Crippen LogP contribution in [0, 0.1) is 6.92 Å². The van der Waals surface area contributed by atoms with Gasteiger partial charge >= 0.3 is 0 Å². The largest absolute Gasteiger partial charge is 0.313 e. The molecule has 0 amide bonds. The number of nitrogens with zero attached hydrogens (tertiary/aromatic N) is 1. The van der Waals surface area contributed by atoms with E-state index in [2.05, 4.69) is 9.97 Å². The minimum absolute atomic E-state index is 0.0481. The summed E-state index contributed by atoms with van der Waals surface area (Å²) in [5.74, 6) is 0. The van der Waals surface area contributed by atoms with Crippen LogP contribution in [0.4, 0.5) is 0 Å². The molecule has 0 atom stereocenters. The van der Waals surface area contributed by atoms with Gasteiger partial charge < -0.3 is 4.98 Å².